The van der Waals surface area contributed by atoms with Crippen molar-refractivity contribution in [2.75, 3.05) is 11.9 Å². The molecule has 0 amide bonds. The van der Waals surface area contributed by atoms with Gasteiger partial charge in [-0.15, -0.1) is 0 Å². The third kappa shape index (κ3) is 4.29. The molecule has 1 aromatic heterocycles. The second-order valence-electron chi connectivity index (χ2n) is 7.01. The quantitative estimate of drug-likeness (QED) is 0.688. The number of benzene rings is 2. The molecule has 5 heteroatoms. The number of hydrogen-bond donors (Lipinski definition) is 1. The van der Waals surface area contributed by atoms with E-state index in [0.717, 1.165) is 42.6 Å². The van der Waals surface area contributed by atoms with Gasteiger partial charge < -0.3 is 5.32 Å². The summed E-state index contributed by atoms with van der Waals surface area (Å²) in [4.78, 5) is 11.5. The fourth-order valence-electron chi connectivity index (χ4n) is 3.54. The van der Waals surface area contributed by atoms with Gasteiger partial charge in [-0.3, -0.25) is 4.90 Å². The van der Waals surface area contributed by atoms with Crippen LogP contribution in [0.15, 0.2) is 60.9 Å². The molecule has 1 aliphatic heterocycles. The zero-order chi connectivity index (χ0) is 18.6. The first-order valence-electron chi connectivity index (χ1n) is 9.30. The molecule has 4 nitrogen and oxygen atoms in total. The Bertz CT molecular complexity index is 896. The third-order valence-electron chi connectivity index (χ3n) is 5.05. The maximum atomic E-state index is 6.01. The minimum absolute atomic E-state index is 0.144. The molecule has 0 saturated carbocycles. The lowest BCUT2D eigenvalue weighted by molar-refractivity contribution is 0.243. The van der Waals surface area contributed by atoms with E-state index in [9.17, 15) is 0 Å². The molecule has 0 fully saturated rings. The standard InChI is InChI=1S/C22H23ClN4/c1-16(18-7-9-19(23)10-8-18)26-22-20-14-27(12-11-21(20)24-15-25-22)13-17-5-3-2-4-6-17/h2-10,15-16H,11-14H2,1H3,(H,24,25,26). The van der Waals surface area contributed by atoms with E-state index in [0.29, 0.717) is 0 Å². The Kier molecular flexibility index (Phi) is 5.37. The number of aromatic nitrogens is 2. The first-order chi connectivity index (χ1) is 13.2. The highest BCUT2D eigenvalue weighted by molar-refractivity contribution is 6.30. The summed E-state index contributed by atoms with van der Waals surface area (Å²) in [7, 11) is 0. The van der Waals surface area contributed by atoms with E-state index in [4.69, 9.17) is 11.6 Å². The van der Waals surface area contributed by atoms with E-state index in [1.165, 1.54) is 16.7 Å². The lowest BCUT2D eigenvalue weighted by atomic mass is 10.0. The van der Waals surface area contributed by atoms with Crippen LogP contribution in [0.25, 0.3) is 0 Å². The smallest absolute Gasteiger partial charge is 0.134 e. The first kappa shape index (κ1) is 18.0. The Morgan fingerprint density at radius 1 is 1.07 bits per heavy atom. The molecule has 27 heavy (non-hydrogen) atoms. The Balaban J connectivity index is 1.51. The second kappa shape index (κ2) is 8.07. The lowest BCUT2D eigenvalue weighted by Gasteiger charge is -2.30. The summed E-state index contributed by atoms with van der Waals surface area (Å²) in [5.74, 6) is 0.931. The molecule has 2 heterocycles. The minimum Gasteiger partial charge on any atom is -0.363 e. The molecule has 3 aromatic rings. The molecule has 2 aromatic carbocycles. The predicted molar refractivity (Wildman–Crippen MR) is 110 cm³/mol. The number of fused-ring (bicyclic) bond motifs is 1. The maximum Gasteiger partial charge on any atom is 0.134 e. The van der Waals surface area contributed by atoms with Crippen molar-refractivity contribution in [2.45, 2.75) is 32.5 Å². The Morgan fingerprint density at radius 3 is 2.63 bits per heavy atom. The van der Waals surface area contributed by atoms with Crippen LogP contribution in [0.2, 0.25) is 5.02 Å². The molecule has 1 aliphatic rings. The van der Waals surface area contributed by atoms with Crippen LogP contribution < -0.4 is 5.32 Å². The minimum atomic E-state index is 0.144. The summed E-state index contributed by atoms with van der Waals surface area (Å²) in [6, 6.07) is 18.7. The monoisotopic (exact) mass is 378 g/mol. The average molecular weight is 379 g/mol. The van der Waals surface area contributed by atoms with Gasteiger partial charge in [-0.05, 0) is 30.2 Å². The summed E-state index contributed by atoms with van der Waals surface area (Å²) in [5, 5.41) is 4.32. The number of halogens is 1. The van der Waals surface area contributed by atoms with Crippen LogP contribution >= 0.6 is 11.6 Å². The molecule has 0 spiro atoms. The van der Waals surface area contributed by atoms with Crippen molar-refractivity contribution in [3.05, 3.63) is 88.3 Å². The van der Waals surface area contributed by atoms with Crippen molar-refractivity contribution in [3.8, 4) is 0 Å². The van der Waals surface area contributed by atoms with Crippen molar-refractivity contribution in [2.24, 2.45) is 0 Å². The van der Waals surface area contributed by atoms with Crippen LogP contribution in [-0.4, -0.2) is 21.4 Å². The zero-order valence-corrected chi connectivity index (χ0v) is 16.2. The summed E-state index contributed by atoms with van der Waals surface area (Å²) in [6.45, 7) is 4.97. The van der Waals surface area contributed by atoms with E-state index in [1.807, 2.05) is 12.1 Å². The van der Waals surface area contributed by atoms with E-state index in [2.05, 4.69) is 69.6 Å². The van der Waals surface area contributed by atoms with Crippen molar-refractivity contribution < 1.29 is 0 Å². The van der Waals surface area contributed by atoms with Crippen molar-refractivity contribution in [1.82, 2.24) is 14.9 Å². The highest BCUT2D eigenvalue weighted by Crippen LogP contribution is 2.27. The van der Waals surface area contributed by atoms with Gasteiger partial charge in [-0.2, -0.15) is 0 Å². The highest BCUT2D eigenvalue weighted by atomic mass is 35.5. The summed E-state index contributed by atoms with van der Waals surface area (Å²) in [5.41, 5.74) is 4.88. The number of hydrogen-bond acceptors (Lipinski definition) is 4. The van der Waals surface area contributed by atoms with E-state index >= 15 is 0 Å². The van der Waals surface area contributed by atoms with Gasteiger partial charge in [0, 0.05) is 42.7 Å². The Labute approximate surface area is 165 Å². The molecule has 1 unspecified atom stereocenters. The molecule has 0 aliphatic carbocycles. The maximum absolute atomic E-state index is 6.01. The van der Waals surface area contributed by atoms with Crippen LogP contribution in [0.3, 0.4) is 0 Å². The van der Waals surface area contributed by atoms with E-state index in [1.54, 1.807) is 6.33 Å². The van der Waals surface area contributed by atoms with Gasteiger partial charge in [0.05, 0.1) is 5.69 Å². The van der Waals surface area contributed by atoms with Gasteiger partial charge >= 0.3 is 0 Å². The van der Waals surface area contributed by atoms with Gasteiger partial charge in [0.1, 0.15) is 12.1 Å². The van der Waals surface area contributed by atoms with Crippen LogP contribution in [-0.2, 0) is 19.5 Å². The summed E-state index contributed by atoms with van der Waals surface area (Å²) >= 11 is 6.01. The average Bonchev–Trinajstić information content (AvgIpc) is 2.70. The molecule has 1 N–H and O–H groups in total. The molecule has 0 saturated heterocycles. The van der Waals surface area contributed by atoms with E-state index in [-0.39, 0.29) is 6.04 Å². The molecule has 0 radical (unpaired) electrons. The van der Waals surface area contributed by atoms with Gasteiger partial charge in [-0.25, -0.2) is 9.97 Å². The molecular formula is C22H23ClN4. The van der Waals surface area contributed by atoms with E-state index < -0.39 is 0 Å². The van der Waals surface area contributed by atoms with Gasteiger partial charge in [0.25, 0.3) is 0 Å². The molecule has 4 rings (SSSR count). The summed E-state index contributed by atoms with van der Waals surface area (Å²) < 4.78 is 0. The Morgan fingerprint density at radius 2 is 1.85 bits per heavy atom. The molecule has 138 valence electrons. The Hall–Kier alpha value is -2.43. The fourth-order valence-corrected chi connectivity index (χ4v) is 3.66. The fraction of sp³-hybridized carbons (Fsp3) is 0.273. The number of rotatable bonds is 5. The number of anilines is 1. The first-order valence-corrected chi connectivity index (χ1v) is 9.68. The van der Waals surface area contributed by atoms with Crippen molar-refractivity contribution in [1.29, 1.82) is 0 Å². The summed E-state index contributed by atoms with van der Waals surface area (Å²) in [6.07, 6.45) is 2.62. The van der Waals surface area contributed by atoms with Gasteiger partial charge in [-0.1, -0.05) is 54.1 Å². The van der Waals surface area contributed by atoms with Crippen molar-refractivity contribution in [3.63, 3.8) is 0 Å². The number of nitrogens with zero attached hydrogens (tertiary/aromatic N) is 3. The SMILES string of the molecule is CC(Nc1ncnc2c1CN(Cc1ccccc1)CC2)c1ccc(Cl)cc1. The molecular weight excluding hydrogens is 356 g/mol. The van der Waals surface area contributed by atoms with Crippen LogP contribution in [0.5, 0.6) is 0 Å². The van der Waals surface area contributed by atoms with Gasteiger partial charge in [0.2, 0.25) is 0 Å². The normalized spacial score (nSPS) is 15.2. The molecule has 0 bridgehead atoms. The number of nitrogens with one attached hydrogen (secondary N) is 1. The van der Waals surface area contributed by atoms with Crippen LogP contribution in [0, 0.1) is 0 Å². The second-order valence-corrected chi connectivity index (χ2v) is 7.45. The molecule has 1 atom stereocenters. The largest absolute Gasteiger partial charge is 0.363 e. The third-order valence-corrected chi connectivity index (χ3v) is 5.31. The van der Waals surface area contributed by atoms with Crippen LogP contribution in [0.4, 0.5) is 5.82 Å². The highest BCUT2D eigenvalue weighted by Gasteiger charge is 2.22. The predicted octanol–water partition coefficient (Wildman–Crippen LogP) is 4.86. The lowest BCUT2D eigenvalue weighted by Crippen LogP contribution is -2.31. The van der Waals surface area contributed by atoms with Crippen LogP contribution in [0.1, 0.15) is 35.3 Å². The van der Waals surface area contributed by atoms with Crippen molar-refractivity contribution >= 4 is 17.4 Å². The topological polar surface area (TPSA) is 41.1 Å². The zero-order valence-electron chi connectivity index (χ0n) is 15.4. The van der Waals surface area contributed by atoms with Gasteiger partial charge in [0.15, 0.2) is 0 Å².